The second-order valence-corrected chi connectivity index (χ2v) is 7.81. The van der Waals surface area contributed by atoms with Gasteiger partial charge in [-0.25, -0.2) is 4.99 Å². The van der Waals surface area contributed by atoms with Gasteiger partial charge in [-0.2, -0.15) is 21.0 Å². The molecule has 0 saturated heterocycles. The van der Waals surface area contributed by atoms with Crippen LogP contribution >= 0.6 is 11.6 Å². The lowest BCUT2D eigenvalue weighted by atomic mass is 9.98. The quantitative estimate of drug-likeness (QED) is 0.456. The third kappa shape index (κ3) is 5.89. The zero-order valence-electron chi connectivity index (χ0n) is 19.3. The highest BCUT2D eigenvalue weighted by molar-refractivity contribution is 6.31. The van der Waals surface area contributed by atoms with Gasteiger partial charge < -0.3 is 5.73 Å². The van der Waals surface area contributed by atoms with E-state index in [2.05, 4.69) is 4.99 Å². The van der Waals surface area contributed by atoms with Gasteiger partial charge in [-0.15, -0.1) is 0 Å². The summed E-state index contributed by atoms with van der Waals surface area (Å²) >= 11 is 5.63. The van der Waals surface area contributed by atoms with Crippen LogP contribution in [0.4, 0.5) is 0 Å². The molecule has 0 aliphatic carbocycles. The van der Waals surface area contributed by atoms with Crippen LogP contribution in [0, 0.1) is 71.5 Å². The minimum absolute atomic E-state index is 0.247. The number of nitriles is 4. The molecule has 0 atom stereocenters. The fourth-order valence-corrected chi connectivity index (χ4v) is 3.54. The van der Waals surface area contributed by atoms with Crippen LogP contribution in [0.15, 0.2) is 53.5 Å². The maximum atomic E-state index is 8.63. The van der Waals surface area contributed by atoms with E-state index >= 15 is 0 Å². The summed E-state index contributed by atoms with van der Waals surface area (Å²) in [5, 5.41) is 42.2. The van der Waals surface area contributed by atoms with Crippen molar-refractivity contribution in [3.8, 4) is 24.3 Å². The van der Waals surface area contributed by atoms with Gasteiger partial charge in [-0.05, 0) is 55.7 Å². The van der Waals surface area contributed by atoms with Crippen LogP contribution in [0.25, 0.3) is 0 Å². The van der Waals surface area contributed by atoms with Crippen LogP contribution in [0.2, 0.25) is 5.02 Å². The predicted octanol–water partition coefficient (Wildman–Crippen LogP) is 5.17. The average Bonchev–Trinajstić information content (AvgIpc) is 3.16. The highest BCUT2D eigenvalue weighted by Gasteiger charge is 2.21. The summed E-state index contributed by atoms with van der Waals surface area (Å²) in [7, 11) is 0. The first-order valence-electron chi connectivity index (χ1n) is 10.2. The minimum atomic E-state index is 0.247. The second kappa shape index (κ2) is 11.8. The summed E-state index contributed by atoms with van der Waals surface area (Å²) in [6.07, 6.45) is 0. The number of aryl methyl sites for hydroxylation is 3. The van der Waals surface area contributed by atoms with Crippen molar-refractivity contribution < 1.29 is 0 Å². The molecule has 4 rings (SSSR count). The van der Waals surface area contributed by atoms with Gasteiger partial charge in [0.05, 0.1) is 27.3 Å². The number of halogens is 1. The minimum Gasteiger partial charge on any atom is -0.383 e. The Hall–Kier alpha value is -4.95. The molecule has 0 bridgehead atoms. The number of hydrogen-bond acceptors (Lipinski definition) is 6. The summed E-state index contributed by atoms with van der Waals surface area (Å²) in [5.41, 5.74) is 12.0. The molecule has 7 nitrogen and oxygen atoms in total. The largest absolute Gasteiger partial charge is 0.383 e. The summed E-state index contributed by atoms with van der Waals surface area (Å²) in [6.45, 7) is 5.78. The highest BCUT2D eigenvalue weighted by Crippen LogP contribution is 2.23. The normalized spacial score (nSPS) is 10.5. The Morgan fingerprint density at radius 3 is 1.69 bits per heavy atom. The molecule has 1 heterocycles. The van der Waals surface area contributed by atoms with Crippen LogP contribution in [0.1, 0.15) is 50.1 Å². The molecule has 1 aliphatic rings. The van der Waals surface area contributed by atoms with Crippen LogP contribution in [0.5, 0.6) is 0 Å². The Balaban J connectivity index is 0.000000186. The topological polar surface area (TPSA) is 157 Å². The Labute approximate surface area is 209 Å². The van der Waals surface area contributed by atoms with Crippen LogP contribution < -0.4 is 5.73 Å². The van der Waals surface area contributed by atoms with Crippen molar-refractivity contribution in [2.24, 2.45) is 10.7 Å². The molecule has 0 amide bonds. The fraction of sp³-hybridized carbons (Fsp3) is 0.111. The Bertz CT molecular complexity index is 1430. The number of amidine groups is 2. The third-order valence-corrected chi connectivity index (χ3v) is 5.41. The van der Waals surface area contributed by atoms with Crippen molar-refractivity contribution in [2.45, 2.75) is 20.8 Å². The highest BCUT2D eigenvalue weighted by atomic mass is 35.5. The van der Waals surface area contributed by atoms with Crippen molar-refractivity contribution in [1.29, 1.82) is 26.5 Å². The molecular weight excluding hydrogens is 458 g/mol. The summed E-state index contributed by atoms with van der Waals surface area (Å²) in [6, 6.07) is 21.7. The smallest absolute Gasteiger partial charge is 0.155 e. The molecule has 0 spiro atoms. The maximum absolute atomic E-state index is 8.63. The zero-order chi connectivity index (χ0) is 26.1. The van der Waals surface area contributed by atoms with E-state index in [1.54, 1.807) is 30.3 Å². The van der Waals surface area contributed by atoms with E-state index < -0.39 is 0 Å². The Morgan fingerprint density at radius 1 is 0.714 bits per heavy atom. The van der Waals surface area contributed by atoms with Gasteiger partial charge >= 0.3 is 0 Å². The van der Waals surface area contributed by atoms with Crippen molar-refractivity contribution in [2.75, 3.05) is 0 Å². The molecule has 170 valence electrons. The van der Waals surface area contributed by atoms with Crippen molar-refractivity contribution in [3.63, 3.8) is 0 Å². The van der Waals surface area contributed by atoms with E-state index in [0.717, 1.165) is 27.8 Å². The SMILES string of the molecule is Cc1ccc(C)c2c1C(=N)N=C2N.Cc1cccc(C#N)c1C#N.N#Cc1cccc(Cl)c1C#N. The molecule has 3 aromatic rings. The maximum Gasteiger partial charge on any atom is 0.155 e. The van der Waals surface area contributed by atoms with Crippen molar-refractivity contribution >= 4 is 23.3 Å². The van der Waals surface area contributed by atoms with Gasteiger partial charge in [0.2, 0.25) is 0 Å². The van der Waals surface area contributed by atoms with Gasteiger partial charge in [0.15, 0.2) is 5.84 Å². The van der Waals surface area contributed by atoms with E-state index in [0.29, 0.717) is 27.5 Å². The monoisotopic (exact) mass is 477 g/mol. The van der Waals surface area contributed by atoms with Gasteiger partial charge in [0.1, 0.15) is 30.1 Å². The van der Waals surface area contributed by atoms with Crippen LogP contribution in [-0.2, 0) is 0 Å². The molecule has 0 saturated carbocycles. The van der Waals surface area contributed by atoms with Gasteiger partial charge in [-0.3, -0.25) is 5.41 Å². The molecule has 35 heavy (non-hydrogen) atoms. The standard InChI is InChI=1S/C10H11N3.C9H6N2.C8H3ClN2/c1-5-3-4-6(2)8-7(5)9(11)13-10(8)12;1-7-3-2-4-8(5-10)9(7)6-11;9-8-3-1-2-6(4-10)7(8)5-11/h3-4H,1-2H3,(H3,11,12,13);2-4H,1H3;1-3H. The molecule has 3 aromatic carbocycles. The fourth-order valence-electron chi connectivity index (χ4n) is 3.32. The first-order valence-corrected chi connectivity index (χ1v) is 10.6. The third-order valence-electron chi connectivity index (χ3n) is 5.10. The van der Waals surface area contributed by atoms with Gasteiger partial charge in [0.25, 0.3) is 0 Å². The Kier molecular flexibility index (Phi) is 8.85. The molecule has 1 aliphatic heterocycles. The number of hydrogen-bond donors (Lipinski definition) is 2. The molecule has 0 unspecified atom stereocenters. The zero-order valence-corrected chi connectivity index (χ0v) is 20.1. The molecular formula is C27H20ClN7. The van der Waals surface area contributed by atoms with E-state index in [1.165, 1.54) is 0 Å². The first kappa shape index (κ1) is 26.3. The van der Waals surface area contributed by atoms with Gasteiger partial charge in [-0.1, -0.05) is 41.9 Å². The van der Waals surface area contributed by atoms with E-state index in [4.69, 9.17) is 43.8 Å². The van der Waals surface area contributed by atoms with Crippen molar-refractivity contribution in [1.82, 2.24) is 0 Å². The number of benzene rings is 3. The lowest BCUT2D eigenvalue weighted by molar-refractivity contribution is 1.34. The molecule has 8 heteroatoms. The summed E-state index contributed by atoms with van der Waals surface area (Å²) < 4.78 is 0. The van der Waals surface area contributed by atoms with Crippen LogP contribution in [0.3, 0.4) is 0 Å². The van der Waals surface area contributed by atoms with E-state index in [-0.39, 0.29) is 11.4 Å². The first-order chi connectivity index (χ1) is 16.7. The Morgan fingerprint density at radius 2 is 1.23 bits per heavy atom. The molecule has 0 radical (unpaired) electrons. The van der Waals surface area contributed by atoms with E-state index in [1.807, 2.05) is 63.2 Å². The predicted molar refractivity (Wildman–Crippen MR) is 135 cm³/mol. The number of nitrogens with zero attached hydrogens (tertiary/aromatic N) is 5. The van der Waals surface area contributed by atoms with E-state index in [9.17, 15) is 0 Å². The lowest BCUT2D eigenvalue weighted by Gasteiger charge is -2.06. The molecule has 0 fully saturated rings. The van der Waals surface area contributed by atoms with Crippen molar-refractivity contribution in [3.05, 3.63) is 104 Å². The number of rotatable bonds is 0. The van der Waals surface area contributed by atoms with Crippen LogP contribution in [-0.4, -0.2) is 11.7 Å². The summed E-state index contributed by atoms with van der Waals surface area (Å²) in [4.78, 5) is 3.96. The summed E-state index contributed by atoms with van der Waals surface area (Å²) in [5.74, 6) is 0.759. The molecule has 0 aromatic heterocycles. The number of nitrogens with two attached hydrogens (primary N) is 1. The second-order valence-electron chi connectivity index (χ2n) is 7.40. The molecule has 3 N–H and O–H groups in total. The lowest BCUT2D eigenvalue weighted by Crippen LogP contribution is -2.12. The van der Waals surface area contributed by atoms with Gasteiger partial charge in [0, 0.05) is 11.1 Å². The average molecular weight is 478 g/mol. The number of nitrogens with one attached hydrogen (secondary N) is 1. The number of fused-ring (bicyclic) bond motifs is 1. The number of aliphatic imine (C=N–C) groups is 1.